The van der Waals surface area contributed by atoms with Gasteiger partial charge in [0.25, 0.3) is 5.91 Å². The zero-order valence-corrected chi connectivity index (χ0v) is 20.2. The lowest BCUT2D eigenvalue weighted by atomic mass is 9.94. The van der Waals surface area contributed by atoms with Crippen molar-refractivity contribution in [1.82, 2.24) is 15.1 Å². The lowest BCUT2D eigenvalue weighted by Crippen LogP contribution is -2.38. The van der Waals surface area contributed by atoms with Gasteiger partial charge in [-0.3, -0.25) is 9.59 Å². The smallest absolute Gasteiger partial charge is 0.305 e. The fourth-order valence-electron chi connectivity index (χ4n) is 3.38. The number of aliphatic carboxylic acids is 1. The number of carbonyl (C=O) groups is 2. The van der Waals surface area contributed by atoms with Crippen molar-refractivity contribution in [1.29, 1.82) is 0 Å². The van der Waals surface area contributed by atoms with Gasteiger partial charge in [-0.15, -0.1) is 0 Å². The highest BCUT2D eigenvalue weighted by Gasteiger charge is 2.28. The molecule has 0 radical (unpaired) electrons. The largest absolute Gasteiger partial charge is 0.481 e. The van der Waals surface area contributed by atoms with Gasteiger partial charge in [0.05, 0.1) is 18.1 Å². The number of ether oxygens (including phenoxy) is 1. The Kier molecular flexibility index (Phi) is 7.91. The Labute approximate surface area is 203 Å². The van der Waals surface area contributed by atoms with E-state index in [0.29, 0.717) is 5.56 Å². The molecule has 0 spiro atoms. The summed E-state index contributed by atoms with van der Waals surface area (Å²) in [6.45, 7) is 7.01. The van der Waals surface area contributed by atoms with Crippen molar-refractivity contribution in [2.24, 2.45) is 5.92 Å². The molecule has 3 rings (SSSR count). The van der Waals surface area contributed by atoms with Crippen LogP contribution < -0.4 is 10.1 Å². The number of hydrogen-bond acceptors (Lipinski definition) is 5. The molecule has 1 heterocycles. The molecule has 0 fully saturated rings. The number of halogens is 1. The Morgan fingerprint density at radius 3 is 2.46 bits per heavy atom. The number of carboxylic acid groups (broad SMARTS) is 1. The summed E-state index contributed by atoms with van der Waals surface area (Å²) in [7, 11) is 0. The number of amides is 1. The zero-order valence-electron chi connectivity index (χ0n) is 20.2. The van der Waals surface area contributed by atoms with E-state index in [4.69, 9.17) is 4.74 Å². The number of carboxylic acids is 1. The monoisotopic (exact) mass is 483 g/mol. The SMILES string of the molecule is Cc1ccccc1C(CC(=O)O)NC(=O)c1cc(OC[C@](C)(O)C(C)C)n(-c2ccccc2F)n1. The Hall–Kier alpha value is -3.72. The Balaban J connectivity index is 1.96. The fourth-order valence-corrected chi connectivity index (χ4v) is 3.38. The second kappa shape index (κ2) is 10.7. The van der Waals surface area contributed by atoms with Crippen molar-refractivity contribution in [2.75, 3.05) is 6.61 Å². The minimum atomic E-state index is -1.18. The van der Waals surface area contributed by atoms with Crippen molar-refractivity contribution in [3.05, 3.63) is 77.2 Å². The highest BCUT2D eigenvalue weighted by Crippen LogP contribution is 2.26. The molecule has 2 atom stereocenters. The molecular formula is C26H30FN3O5. The Morgan fingerprint density at radius 2 is 1.83 bits per heavy atom. The fraction of sp³-hybridized carbons (Fsp3) is 0.346. The van der Waals surface area contributed by atoms with Crippen molar-refractivity contribution in [3.63, 3.8) is 0 Å². The molecule has 3 aromatic rings. The minimum absolute atomic E-state index is 0.0618. The molecular weight excluding hydrogens is 453 g/mol. The maximum absolute atomic E-state index is 14.6. The molecule has 1 unspecified atom stereocenters. The highest BCUT2D eigenvalue weighted by molar-refractivity contribution is 5.93. The zero-order chi connectivity index (χ0) is 25.8. The van der Waals surface area contributed by atoms with E-state index in [9.17, 15) is 24.2 Å². The minimum Gasteiger partial charge on any atom is -0.481 e. The normalized spacial score (nSPS) is 13.8. The van der Waals surface area contributed by atoms with Crippen LogP contribution in [-0.4, -0.2) is 44.1 Å². The molecule has 0 aliphatic heterocycles. The molecule has 0 bridgehead atoms. The third-order valence-electron chi connectivity index (χ3n) is 5.99. The maximum Gasteiger partial charge on any atom is 0.305 e. The number of nitrogens with zero attached hydrogens (tertiary/aromatic N) is 2. The maximum atomic E-state index is 14.6. The van der Waals surface area contributed by atoms with Gasteiger partial charge >= 0.3 is 5.97 Å². The van der Waals surface area contributed by atoms with Gasteiger partial charge < -0.3 is 20.3 Å². The molecule has 2 aromatic carbocycles. The third-order valence-corrected chi connectivity index (χ3v) is 5.99. The number of para-hydroxylation sites is 1. The van der Waals surface area contributed by atoms with Gasteiger partial charge in [-0.05, 0) is 43.0 Å². The van der Waals surface area contributed by atoms with Gasteiger partial charge in [0, 0.05) is 6.07 Å². The predicted octanol–water partition coefficient (Wildman–Crippen LogP) is 4.05. The first-order valence-corrected chi connectivity index (χ1v) is 11.3. The van der Waals surface area contributed by atoms with Crippen molar-refractivity contribution in [3.8, 4) is 11.6 Å². The summed E-state index contributed by atoms with van der Waals surface area (Å²) in [5.74, 6) is -2.36. The van der Waals surface area contributed by atoms with Gasteiger partial charge in [-0.2, -0.15) is 9.78 Å². The summed E-state index contributed by atoms with van der Waals surface area (Å²) in [6, 6.07) is 13.6. The first kappa shape index (κ1) is 25.9. The summed E-state index contributed by atoms with van der Waals surface area (Å²) in [4.78, 5) is 24.6. The molecule has 3 N–H and O–H groups in total. The summed E-state index contributed by atoms with van der Waals surface area (Å²) >= 11 is 0. The number of nitrogens with one attached hydrogen (secondary N) is 1. The summed E-state index contributed by atoms with van der Waals surface area (Å²) in [5, 5.41) is 26.9. The summed E-state index contributed by atoms with van der Waals surface area (Å²) in [6.07, 6.45) is -0.328. The quantitative estimate of drug-likeness (QED) is 0.401. The van der Waals surface area contributed by atoms with Gasteiger partial charge in [-0.25, -0.2) is 4.39 Å². The topological polar surface area (TPSA) is 114 Å². The number of hydrogen-bond donors (Lipinski definition) is 3. The Bertz CT molecular complexity index is 1210. The number of carbonyl (C=O) groups excluding carboxylic acids is 1. The van der Waals surface area contributed by atoms with Crippen molar-refractivity contribution < 1.29 is 28.9 Å². The van der Waals surface area contributed by atoms with Crippen molar-refractivity contribution >= 4 is 11.9 Å². The van der Waals surface area contributed by atoms with Crippen LogP contribution in [0.5, 0.6) is 5.88 Å². The summed E-state index contributed by atoms with van der Waals surface area (Å²) in [5.41, 5.74) is 0.296. The molecule has 35 heavy (non-hydrogen) atoms. The number of aliphatic hydroxyl groups is 1. The molecule has 0 aliphatic rings. The first-order valence-electron chi connectivity index (χ1n) is 11.3. The van der Waals surface area contributed by atoms with E-state index in [1.54, 1.807) is 25.1 Å². The molecule has 8 nitrogen and oxygen atoms in total. The van der Waals surface area contributed by atoms with Gasteiger partial charge in [0.2, 0.25) is 5.88 Å². The van der Waals surface area contributed by atoms with Crippen LogP contribution in [0.3, 0.4) is 0 Å². The van der Waals surface area contributed by atoms with E-state index in [-0.39, 0.29) is 36.2 Å². The predicted molar refractivity (Wildman–Crippen MR) is 128 cm³/mol. The number of aryl methyl sites for hydroxylation is 1. The lowest BCUT2D eigenvalue weighted by Gasteiger charge is -2.27. The average Bonchev–Trinajstić information content (AvgIpc) is 3.22. The van der Waals surface area contributed by atoms with Crippen molar-refractivity contribution in [2.45, 2.75) is 45.8 Å². The van der Waals surface area contributed by atoms with Crippen LogP contribution in [0.4, 0.5) is 4.39 Å². The average molecular weight is 484 g/mol. The van der Waals surface area contributed by atoms with Crippen LogP contribution in [0.1, 0.15) is 54.8 Å². The Morgan fingerprint density at radius 1 is 1.17 bits per heavy atom. The van der Waals surface area contributed by atoms with Gasteiger partial charge in [0.1, 0.15) is 18.1 Å². The van der Waals surface area contributed by atoms with E-state index < -0.39 is 29.3 Å². The molecule has 0 saturated carbocycles. The second-order valence-corrected chi connectivity index (χ2v) is 9.01. The van der Waals surface area contributed by atoms with Crippen LogP contribution in [0, 0.1) is 18.7 Å². The van der Waals surface area contributed by atoms with Crippen LogP contribution in [0.15, 0.2) is 54.6 Å². The standard InChI is InChI=1S/C26H30FN3O5/c1-16(2)26(4,34)15-35-23-13-21(29-30(23)22-12-8-7-11-19(22)27)25(33)28-20(14-24(31)32)18-10-6-5-9-17(18)3/h5-13,16,20,34H,14-15H2,1-4H3,(H,28,33)(H,31,32)/t20?,26-/m0/s1. The van der Waals surface area contributed by atoms with E-state index in [1.807, 2.05) is 32.9 Å². The van der Waals surface area contributed by atoms with E-state index >= 15 is 0 Å². The molecule has 1 aromatic heterocycles. The third kappa shape index (κ3) is 6.24. The molecule has 186 valence electrons. The van der Waals surface area contributed by atoms with Gasteiger partial charge in [0.15, 0.2) is 5.69 Å². The highest BCUT2D eigenvalue weighted by atomic mass is 19.1. The van der Waals surface area contributed by atoms with Crippen LogP contribution in [0.25, 0.3) is 5.69 Å². The number of rotatable bonds is 10. The second-order valence-electron chi connectivity index (χ2n) is 9.01. The molecule has 9 heteroatoms. The summed E-state index contributed by atoms with van der Waals surface area (Å²) < 4.78 is 21.5. The van der Waals surface area contributed by atoms with E-state index in [1.165, 1.54) is 24.3 Å². The number of aromatic nitrogens is 2. The van der Waals surface area contributed by atoms with Crippen LogP contribution in [-0.2, 0) is 4.79 Å². The number of benzene rings is 2. The molecule has 0 saturated heterocycles. The van der Waals surface area contributed by atoms with E-state index in [2.05, 4.69) is 10.4 Å². The molecule has 1 amide bonds. The van der Waals surface area contributed by atoms with Gasteiger partial charge in [-0.1, -0.05) is 50.2 Å². The van der Waals surface area contributed by atoms with Crippen LogP contribution in [0.2, 0.25) is 0 Å². The molecule has 0 aliphatic carbocycles. The van der Waals surface area contributed by atoms with E-state index in [0.717, 1.165) is 10.2 Å². The lowest BCUT2D eigenvalue weighted by molar-refractivity contribution is -0.137. The first-order chi connectivity index (χ1) is 16.5. The van der Waals surface area contributed by atoms with Crippen LogP contribution >= 0.6 is 0 Å².